The van der Waals surface area contributed by atoms with Crippen LogP contribution >= 0.6 is 0 Å². The maximum Gasteiger partial charge on any atom is 0.366 e. The number of aliphatic hydroxyl groups is 4. The predicted molar refractivity (Wildman–Crippen MR) is 52.7 cm³/mol. The van der Waals surface area contributed by atoms with Crippen molar-refractivity contribution < 1.29 is 39.9 Å². The zero-order chi connectivity index (χ0) is 13.5. The quantitative estimate of drug-likeness (QED) is 0.242. The zero-order valence-electron chi connectivity index (χ0n) is 9.07. The summed E-state index contributed by atoms with van der Waals surface area (Å²) >= 11 is 0. The fourth-order valence-corrected chi connectivity index (χ4v) is 0.928. The highest BCUT2D eigenvalue weighted by Crippen LogP contribution is 2.13. The van der Waals surface area contributed by atoms with E-state index >= 15 is 0 Å². The van der Waals surface area contributed by atoms with Gasteiger partial charge in [0.05, 0.1) is 6.61 Å². The Balaban J connectivity index is 4.02. The van der Waals surface area contributed by atoms with Crippen LogP contribution in [0.5, 0.6) is 0 Å². The molecule has 0 radical (unpaired) electrons. The second-order valence-electron chi connectivity index (χ2n) is 3.50. The number of carbonyl (C=O) groups is 2. The third kappa shape index (κ3) is 6.84. The van der Waals surface area contributed by atoms with Gasteiger partial charge in [-0.25, -0.2) is 4.79 Å². The average molecular weight is 252 g/mol. The molecule has 100 valence electrons. The second kappa shape index (κ2) is 7.17. The van der Waals surface area contributed by atoms with Crippen LogP contribution in [0.2, 0.25) is 0 Å². The Hall–Kier alpha value is -1.22. The first kappa shape index (κ1) is 15.8. The average Bonchev–Trinajstić information content (AvgIpc) is 2.24. The summed E-state index contributed by atoms with van der Waals surface area (Å²) in [5.74, 6) is -5.30. The van der Waals surface area contributed by atoms with E-state index in [0.717, 1.165) is 0 Å². The highest BCUT2D eigenvalue weighted by molar-refractivity contribution is 5.77. The molecule has 17 heavy (non-hydrogen) atoms. The van der Waals surface area contributed by atoms with Crippen molar-refractivity contribution in [2.75, 3.05) is 13.2 Å². The lowest BCUT2D eigenvalue weighted by Gasteiger charge is -2.20. The third-order valence-electron chi connectivity index (χ3n) is 1.86. The van der Waals surface area contributed by atoms with Gasteiger partial charge in [-0.3, -0.25) is 4.79 Å². The van der Waals surface area contributed by atoms with Crippen molar-refractivity contribution in [1.82, 2.24) is 0 Å². The van der Waals surface area contributed by atoms with E-state index in [2.05, 4.69) is 4.74 Å². The molecule has 0 spiro atoms. The Morgan fingerprint density at radius 1 is 1.29 bits per heavy atom. The number of carboxylic acid groups (broad SMARTS) is 1. The number of esters is 1. The van der Waals surface area contributed by atoms with Crippen LogP contribution in [0, 0.1) is 0 Å². The second-order valence-corrected chi connectivity index (χ2v) is 3.50. The van der Waals surface area contributed by atoms with Crippen LogP contribution in [0.1, 0.15) is 19.3 Å². The minimum atomic E-state index is -2.79. The number of aliphatic hydroxyl groups excluding tert-OH is 2. The molecule has 0 saturated carbocycles. The highest BCUT2D eigenvalue weighted by Gasteiger charge is 2.35. The lowest BCUT2D eigenvalue weighted by Crippen LogP contribution is -2.41. The summed E-state index contributed by atoms with van der Waals surface area (Å²) in [4.78, 5) is 21.3. The maximum atomic E-state index is 11.1. The van der Waals surface area contributed by atoms with Crippen LogP contribution in [-0.2, 0) is 14.3 Å². The SMILES string of the molecule is O=C(O)CCCC(O)(O)C(=O)OCC(O)CO. The molecule has 1 unspecified atom stereocenters. The Labute approximate surface area is 97.1 Å². The molecule has 0 rings (SSSR count). The molecule has 0 bridgehead atoms. The molecule has 8 nitrogen and oxygen atoms in total. The van der Waals surface area contributed by atoms with Gasteiger partial charge >= 0.3 is 11.9 Å². The van der Waals surface area contributed by atoms with Crippen LogP contribution in [-0.4, -0.2) is 62.6 Å². The monoisotopic (exact) mass is 252 g/mol. The first-order chi connectivity index (χ1) is 7.79. The predicted octanol–water partition coefficient (Wildman–Crippen LogP) is -2.18. The number of ether oxygens (including phenoxy) is 1. The third-order valence-corrected chi connectivity index (χ3v) is 1.86. The first-order valence-corrected chi connectivity index (χ1v) is 4.92. The van der Waals surface area contributed by atoms with Crippen LogP contribution < -0.4 is 0 Å². The van der Waals surface area contributed by atoms with Crippen LogP contribution in [0.25, 0.3) is 0 Å². The van der Waals surface area contributed by atoms with Crippen molar-refractivity contribution >= 4 is 11.9 Å². The van der Waals surface area contributed by atoms with Crippen LogP contribution in [0.4, 0.5) is 0 Å². The smallest absolute Gasteiger partial charge is 0.366 e. The van der Waals surface area contributed by atoms with Crippen LogP contribution in [0.3, 0.4) is 0 Å². The van der Waals surface area contributed by atoms with Crippen molar-refractivity contribution in [3.8, 4) is 0 Å². The van der Waals surface area contributed by atoms with E-state index in [9.17, 15) is 19.8 Å². The number of rotatable bonds is 8. The van der Waals surface area contributed by atoms with Crippen molar-refractivity contribution in [3.63, 3.8) is 0 Å². The molecule has 1 atom stereocenters. The van der Waals surface area contributed by atoms with E-state index in [0.29, 0.717) is 0 Å². The zero-order valence-corrected chi connectivity index (χ0v) is 9.07. The summed E-state index contributed by atoms with van der Waals surface area (Å²) in [6.45, 7) is -1.20. The molecule has 0 aromatic rings. The summed E-state index contributed by atoms with van der Waals surface area (Å²) in [5, 5.41) is 44.0. The fraction of sp³-hybridized carbons (Fsp3) is 0.778. The Bertz CT molecular complexity index is 262. The lowest BCUT2D eigenvalue weighted by atomic mass is 10.1. The Kier molecular flexibility index (Phi) is 6.66. The molecule has 0 amide bonds. The fourth-order valence-electron chi connectivity index (χ4n) is 0.928. The van der Waals surface area contributed by atoms with E-state index in [1.165, 1.54) is 0 Å². The Morgan fingerprint density at radius 2 is 1.88 bits per heavy atom. The molecular weight excluding hydrogens is 236 g/mol. The molecule has 0 aliphatic heterocycles. The topological polar surface area (TPSA) is 145 Å². The minimum absolute atomic E-state index is 0.111. The van der Waals surface area contributed by atoms with Gasteiger partial charge in [0, 0.05) is 12.8 Å². The van der Waals surface area contributed by atoms with Crippen molar-refractivity contribution in [2.45, 2.75) is 31.2 Å². The van der Waals surface area contributed by atoms with Crippen molar-refractivity contribution in [3.05, 3.63) is 0 Å². The van der Waals surface area contributed by atoms with Gasteiger partial charge in [0.15, 0.2) is 0 Å². The number of hydrogen-bond donors (Lipinski definition) is 5. The van der Waals surface area contributed by atoms with Crippen molar-refractivity contribution in [2.24, 2.45) is 0 Å². The number of carbonyl (C=O) groups excluding carboxylic acids is 1. The van der Waals surface area contributed by atoms with Gasteiger partial charge in [0.25, 0.3) is 5.79 Å². The van der Waals surface area contributed by atoms with Gasteiger partial charge in [-0.05, 0) is 6.42 Å². The van der Waals surface area contributed by atoms with E-state index in [4.69, 9.17) is 15.3 Å². The van der Waals surface area contributed by atoms with Gasteiger partial charge < -0.3 is 30.3 Å². The van der Waals surface area contributed by atoms with Gasteiger partial charge in [0.1, 0.15) is 12.7 Å². The van der Waals surface area contributed by atoms with Gasteiger partial charge in [-0.15, -0.1) is 0 Å². The molecule has 8 heteroatoms. The molecular formula is C9H16O8. The first-order valence-electron chi connectivity index (χ1n) is 4.92. The lowest BCUT2D eigenvalue weighted by molar-refractivity contribution is -0.214. The van der Waals surface area contributed by atoms with E-state index in [1.807, 2.05) is 0 Å². The van der Waals surface area contributed by atoms with Crippen molar-refractivity contribution in [1.29, 1.82) is 0 Å². The normalized spacial score (nSPS) is 13.2. The summed E-state index contributed by atoms with van der Waals surface area (Å²) in [7, 11) is 0. The van der Waals surface area contributed by atoms with E-state index < -0.39 is 43.5 Å². The number of hydrogen-bond acceptors (Lipinski definition) is 7. The summed E-state index contributed by atoms with van der Waals surface area (Å²) in [6.07, 6.45) is -2.21. The highest BCUT2D eigenvalue weighted by atomic mass is 16.6. The number of aliphatic carboxylic acids is 1. The molecule has 5 N–H and O–H groups in total. The van der Waals surface area contributed by atoms with Gasteiger partial charge in [-0.2, -0.15) is 0 Å². The van der Waals surface area contributed by atoms with E-state index in [1.54, 1.807) is 0 Å². The standard InChI is InChI=1S/C9H16O8/c10-4-6(11)5-17-8(14)9(15,16)3-1-2-7(12)13/h6,10-11,15-16H,1-5H2,(H,12,13). The molecule has 0 aliphatic rings. The molecule has 0 aliphatic carbocycles. The summed E-state index contributed by atoms with van der Waals surface area (Å²) in [6, 6.07) is 0. The summed E-state index contributed by atoms with van der Waals surface area (Å²) in [5.41, 5.74) is 0. The van der Waals surface area contributed by atoms with Gasteiger partial charge in [0.2, 0.25) is 0 Å². The molecule has 0 saturated heterocycles. The Morgan fingerprint density at radius 3 is 2.35 bits per heavy atom. The summed E-state index contributed by atoms with van der Waals surface area (Å²) < 4.78 is 4.32. The van der Waals surface area contributed by atoms with Crippen LogP contribution in [0.15, 0.2) is 0 Å². The molecule has 0 heterocycles. The molecule has 0 aromatic carbocycles. The minimum Gasteiger partial charge on any atom is -0.481 e. The maximum absolute atomic E-state index is 11.1. The molecule has 0 aromatic heterocycles. The largest absolute Gasteiger partial charge is 0.481 e. The number of carboxylic acids is 1. The van der Waals surface area contributed by atoms with E-state index in [-0.39, 0.29) is 12.8 Å². The van der Waals surface area contributed by atoms with Gasteiger partial charge in [-0.1, -0.05) is 0 Å². The molecule has 0 fully saturated rings.